The third-order valence-electron chi connectivity index (χ3n) is 5.32. The van der Waals surface area contributed by atoms with Crippen LogP contribution in [0.25, 0.3) is 0 Å². The van der Waals surface area contributed by atoms with Crippen molar-refractivity contribution in [1.82, 2.24) is 0 Å². The molecule has 0 spiro atoms. The summed E-state index contributed by atoms with van der Waals surface area (Å²) < 4.78 is 5.19. The Morgan fingerprint density at radius 1 is 0.833 bits per heavy atom. The highest BCUT2D eigenvalue weighted by molar-refractivity contribution is 5.29. The first-order valence-electron chi connectivity index (χ1n) is 9.07. The van der Waals surface area contributed by atoms with E-state index in [9.17, 15) is 0 Å². The van der Waals surface area contributed by atoms with Gasteiger partial charge in [-0.2, -0.15) is 0 Å². The molecule has 0 saturated heterocycles. The van der Waals surface area contributed by atoms with Crippen molar-refractivity contribution >= 4 is 0 Å². The molecule has 0 unspecified atom stereocenters. The molecular weight excluding hydrogens is 292 g/mol. The van der Waals surface area contributed by atoms with Crippen LogP contribution in [0.1, 0.15) is 59.8 Å². The Morgan fingerprint density at radius 3 is 1.71 bits per heavy atom. The van der Waals surface area contributed by atoms with E-state index >= 15 is 0 Å². The van der Waals surface area contributed by atoms with Gasteiger partial charge in [0.2, 0.25) is 0 Å². The van der Waals surface area contributed by atoms with Gasteiger partial charge in [-0.05, 0) is 66.2 Å². The summed E-state index contributed by atoms with van der Waals surface area (Å²) in [5.41, 5.74) is 5.62. The second kappa shape index (κ2) is 8.30. The lowest BCUT2D eigenvalue weighted by Gasteiger charge is -2.29. The first kappa shape index (κ1) is 17.0. The third-order valence-corrected chi connectivity index (χ3v) is 5.32. The molecule has 0 atom stereocenters. The molecule has 3 rings (SSSR count). The van der Waals surface area contributed by atoms with Gasteiger partial charge in [-0.1, -0.05) is 54.6 Å². The molecule has 24 heavy (non-hydrogen) atoms. The minimum atomic E-state index is 0.703. The fraction of sp³-hybridized carbons (Fsp3) is 0.391. The number of methoxy groups -OCH3 is 1. The van der Waals surface area contributed by atoms with Crippen LogP contribution in [0.2, 0.25) is 0 Å². The van der Waals surface area contributed by atoms with Gasteiger partial charge < -0.3 is 4.74 Å². The topological polar surface area (TPSA) is 9.23 Å². The Balaban J connectivity index is 1.57. The second-order valence-electron chi connectivity index (χ2n) is 6.96. The van der Waals surface area contributed by atoms with Gasteiger partial charge in [0.15, 0.2) is 0 Å². The van der Waals surface area contributed by atoms with Gasteiger partial charge in [-0.15, -0.1) is 6.58 Å². The number of hydrogen-bond donors (Lipinski definition) is 0. The molecule has 2 aromatic rings. The maximum absolute atomic E-state index is 5.19. The highest BCUT2D eigenvalue weighted by Gasteiger charge is 2.23. The number of rotatable bonds is 6. The minimum Gasteiger partial charge on any atom is -0.380 e. The van der Waals surface area contributed by atoms with Crippen molar-refractivity contribution in [3.63, 3.8) is 0 Å². The normalized spacial score (nSPS) is 20.7. The van der Waals surface area contributed by atoms with Gasteiger partial charge in [-0.25, -0.2) is 0 Å². The van der Waals surface area contributed by atoms with Crippen LogP contribution in [0.15, 0.2) is 61.2 Å². The number of ether oxygens (including phenoxy) is 1. The first-order valence-corrected chi connectivity index (χ1v) is 9.07. The SMILES string of the molecule is C=CCc1ccc([C@H]2CC[C@H](c3ccc(COC)cc3)CC2)cc1. The largest absolute Gasteiger partial charge is 0.380 e. The lowest BCUT2D eigenvalue weighted by molar-refractivity contribution is 0.185. The Labute approximate surface area is 146 Å². The molecule has 0 aromatic heterocycles. The van der Waals surface area contributed by atoms with Crippen LogP contribution >= 0.6 is 0 Å². The average Bonchev–Trinajstić information content (AvgIpc) is 2.64. The van der Waals surface area contributed by atoms with E-state index in [2.05, 4.69) is 55.1 Å². The van der Waals surface area contributed by atoms with Crippen LogP contribution in [0.4, 0.5) is 0 Å². The molecule has 1 fully saturated rings. The molecule has 0 amide bonds. The standard InChI is InChI=1S/C23H28O/c1-3-4-18-5-9-20(10-6-18)22-13-15-23(16-14-22)21-11-7-19(8-12-21)17-24-2/h3,5-12,22-23H,1,4,13-17H2,2H3/t22-,23-. The fourth-order valence-electron chi connectivity index (χ4n) is 3.91. The van der Waals surface area contributed by atoms with Crippen LogP contribution in [0, 0.1) is 0 Å². The molecule has 0 bridgehead atoms. The van der Waals surface area contributed by atoms with Crippen LogP contribution in [0.5, 0.6) is 0 Å². The quantitative estimate of drug-likeness (QED) is 0.593. The molecule has 1 aliphatic rings. The number of hydrogen-bond acceptors (Lipinski definition) is 1. The zero-order chi connectivity index (χ0) is 16.8. The molecule has 1 saturated carbocycles. The van der Waals surface area contributed by atoms with Crippen molar-refractivity contribution in [3.05, 3.63) is 83.4 Å². The molecule has 2 aromatic carbocycles. The van der Waals surface area contributed by atoms with Gasteiger partial charge in [0.1, 0.15) is 0 Å². The van der Waals surface area contributed by atoms with E-state index in [1.807, 2.05) is 6.08 Å². The Bertz CT molecular complexity index is 631. The van der Waals surface area contributed by atoms with E-state index in [1.165, 1.54) is 47.9 Å². The van der Waals surface area contributed by atoms with E-state index in [-0.39, 0.29) is 0 Å². The molecule has 0 heterocycles. The Kier molecular flexibility index (Phi) is 5.87. The maximum atomic E-state index is 5.19. The fourth-order valence-corrected chi connectivity index (χ4v) is 3.91. The van der Waals surface area contributed by atoms with Crippen LogP contribution in [-0.4, -0.2) is 7.11 Å². The van der Waals surface area contributed by atoms with Crippen molar-refractivity contribution in [1.29, 1.82) is 0 Å². The predicted octanol–water partition coefficient (Wildman–Crippen LogP) is 6.00. The maximum Gasteiger partial charge on any atom is 0.0713 e. The summed E-state index contributed by atoms with van der Waals surface area (Å²) in [7, 11) is 1.75. The molecule has 0 N–H and O–H groups in total. The summed E-state index contributed by atoms with van der Waals surface area (Å²) in [5.74, 6) is 1.45. The van der Waals surface area contributed by atoms with Crippen LogP contribution in [-0.2, 0) is 17.8 Å². The molecule has 0 aliphatic heterocycles. The number of allylic oxidation sites excluding steroid dienone is 1. The van der Waals surface area contributed by atoms with Crippen LogP contribution < -0.4 is 0 Å². The minimum absolute atomic E-state index is 0.703. The zero-order valence-corrected chi connectivity index (χ0v) is 14.7. The van der Waals surface area contributed by atoms with Gasteiger partial charge in [0, 0.05) is 7.11 Å². The molecular formula is C23H28O. The van der Waals surface area contributed by atoms with E-state index in [0.717, 1.165) is 18.3 Å². The van der Waals surface area contributed by atoms with Crippen molar-refractivity contribution < 1.29 is 4.74 Å². The molecule has 126 valence electrons. The summed E-state index contributed by atoms with van der Waals surface area (Å²) in [4.78, 5) is 0. The van der Waals surface area contributed by atoms with E-state index < -0.39 is 0 Å². The Morgan fingerprint density at radius 2 is 1.29 bits per heavy atom. The Hall–Kier alpha value is -1.86. The molecule has 0 radical (unpaired) electrons. The molecule has 1 aliphatic carbocycles. The monoisotopic (exact) mass is 320 g/mol. The van der Waals surface area contributed by atoms with Gasteiger partial charge >= 0.3 is 0 Å². The van der Waals surface area contributed by atoms with E-state index in [1.54, 1.807) is 7.11 Å². The zero-order valence-electron chi connectivity index (χ0n) is 14.7. The highest BCUT2D eigenvalue weighted by Crippen LogP contribution is 2.40. The molecule has 1 heteroatoms. The predicted molar refractivity (Wildman–Crippen MR) is 101 cm³/mol. The van der Waals surface area contributed by atoms with Gasteiger partial charge in [0.25, 0.3) is 0 Å². The van der Waals surface area contributed by atoms with E-state index in [0.29, 0.717) is 6.61 Å². The number of benzene rings is 2. The lowest BCUT2D eigenvalue weighted by Crippen LogP contribution is -2.12. The van der Waals surface area contributed by atoms with E-state index in [4.69, 9.17) is 4.74 Å². The second-order valence-corrected chi connectivity index (χ2v) is 6.96. The third kappa shape index (κ3) is 4.15. The van der Waals surface area contributed by atoms with Gasteiger partial charge in [-0.3, -0.25) is 0 Å². The van der Waals surface area contributed by atoms with Crippen molar-refractivity contribution in [2.24, 2.45) is 0 Å². The van der Waals surface area contributed by atoms with Crippen LogP contribution in [0.3, 0.4) is 0 Å². The summed E-state index contributed by atoms with van der Waals surface area (Å²) in [5, 5.41) is 0. The highest BCUT2D eigenvalue weighted by atomic mass is 16.5. The van der Waals surface area contributed by atoms with Crippen molar-refractivity contribution in [3.8, 4) is 0 Å². The first-order chi connectivity index (χ1) is 11.8. The average molecular weight is 320 g/mol. The smallest absolute Gasteiger partial charge is 0.0713 e. The van der Waals surface area contributed by atoms with Gasteiger partial charge in [0.05, 0.1) is 6.61 Å². The van der Waals surface area contributed by atoms with Crippen molar-refractivity contribution in [2.45, 2.75) is 50.5 Å². The summed E-state index contributed by atoms with van der Waals surface area (Å²) in [6, 6.07) is 18.2. The molecule has 1 nitrogen and oxygen atoms in total. The summed E-state index contributed by atoms with van der Waals surface area (Å²) in [6.45, 7) is 4.52. The summed E-state index contributed by atoms with van der Waals surface area (Å²) in [6.07, 6.45) is 8.12. The summed E-state index contributed by atoms with van der Waals surface area (Å²) >= 11 is 0. The van der Waals surface area contributed by atoms with Crippen molar-refractivity contribution in [2.75, 3.05) is 7.11 Å². The lowest BCUT2D eigenvalue weighted by atomic mass is 9.76.